The normalized spacial score (nSPS) is 8.43. The molecular weight excluding hydrogens is 628 g/mol. The van der Waals surface area contributed by atoms with Gasteiger partial charge in [0.15, 0.2) is 0 Å². The van der Waals surface area contributed by atoms with Crippen molar-refractivity contribution in [1.29, 1.82) is 0 Å². The molecule has 0 saturated heterocycles. The van der Waals surface area contributed by atoms with Crippen LogP contribution in [0, 0.1) is 0 Å². The maximum Gasteiger partial charge on any atom is 0.419 e. The Kier molecular flexibility index (Phi) is 6.86. The van der Waals surface area contributed by atoms with Gasteiger partial charge in [0.1, 0.15) is 0 Å². The summed E-state index contributed by atoms with van der Waals surface area (Å²) >= 11 is 4.20. The Hall–Kier alpha value is -1.56. The van der Waals surface area contributed by atoms with Gasteiger partial charge in [-0.05, 0) is 0 Å². The molecule has 0 rings (SSSR count). The summed E-state index contributed by atoms with van der Waals surface area (Å²) in [6, 6.07) is 0. The van der Waals surface area contributed by atoms with Crippen molar-refractivity contribution in [2.75, 3.05) is 0 Å². The third-order valence-electron chi connectivity index (χ3n) is 0. The Labute approximate surface area is 33.5 Å². The van der Waals surface area contributed by atoms with Crippen LogP contribution in [0.1, 0.15) is 0 Å². The fourth-order valence-electron chi connectivity index (χ4n) is 0. The van der Waals surface area contributed by atoms with Gasteiger partial charge in [-0.25, -0.2) is 4.57 Å². The van der Waals surface area contributed by atoms with E-state index < -0.39 is 6.95 Å². The van der Waals surface area contributed by atoms with E-state index in [1.807, 2.05) is 0 Å². The molecule has 0 saturated carbocycles. The van der Waals surface area contributed by atoms with E-state index in [0.29, 0.717) is 0 Å². The Balaban J connectivity index is -0.0000000800. The van der Waals surface area contributed by atoms with Gasteiger partial charge in [0.05, 0.1) is 0 Å². The molecular formula is H2ClFm2O3P. The van der Waals surface area contributed by atoms with Crippen molar-refractivity contribution in [2.24, 2.45) is 0 Å². The first-order valence-corrected chi connectivity index (χ1v) is 3.27. The number of halogens is 1. The van der Waals surface area contributed by atoms with Crippen LogP contribution in [0.5, 0.6) is 0 Å². The molecule has 0 amide bonds. The SMILES string of the molecule is O=P(O)(O)Cl.[Fm].[Fm]. The Morgan fingerprint density at radius 3 is 1.29 bits per heavy atom. The molecule has 0 spiro atoms. The Morgan fingerprint density at radius 2 is 1.29 bits per heavy atom. The van der Waals surface area contributed by atoms with Crippen LogP contribution >= 0.6 is 18.2 Å². The molecule has 56 valence electrons. The monoisotopic (exact) mass is 630 g/mol. The van der Waals surface area contributed by atoms with Crippen LogP contribution in [0.15, 0.2) is 0 Å². The van der Waals surface area contributed by atoms with E-state index in [0.717, 1.165) is 0 Å². The smallest absolute Gasteiger partial charge is 0.313 e. The van der Waals surface area contributed by atoms with Crippen LogP contribution in [-0.2, 0) is 4.57 Å². The summed E-state index contributed by atoms with van der Waals surface area (Å²) in [5.41, 5.74) is 0. The second-order valence-corrected chi connectivity index (χ2v) is 2.74. The first-order valence-electron chi connectivity index (χ1n) is 0.752. The molecule has 0 bridgehead atoms. The Bertz CT molecular complexity index is 59.1. The predicted molar refractivity (Wildman–Crippen MR) is 17.9 cm³/mol. The van der Waals surface area contributed by atoms with Crippen molar-refractivity contribution in [3.8, 4) is 0 Å². The zero-order valence-corrected chi connectivity index (χ0v) is 9.16. The standard InChI is InChI=1S/ClH2O3P.2Fm/c1-5(2,3)4;;/h(H2,2,3,4);;. The first kappa shape index (κ1) is 18.0. The van der Waals surface area contributed by atoms with E-state index >= 15 is 0 Å². The van der Waals surface area contributed by atoms with Crippen molar-refractivity contribution >= 4 is 18.2 Å². The third kappa shape index (κ3) is 10.9. The van der Waals surface area contributed by atoms with Crippen molar-refractivity contribution in [2.45, 2.75) is 0 Å². The van der Waals surface area contributed by atoms with Crippen LogP contribution in [0.3, 0.4) is 0 Å². The summed E-state index contributed by atoms with van der Waals surface area (Å²) in [6.07, 6.45) is 0. The maximum atomic E-state index is 9.09. The van der Waals surface area contributed by atoms with Crippen molar-refractivity contribution in [3.05, 3.63) is 0 Å². The van der Waals surface area contributed by atoms with Crippen LogP contribution in [0.25, 0.3) is 0 Å². The quantitative estimate of drug-likeness (QED) is 0.380. The molecule has 0 aliphatic carbocycles. The summed E-state index contributed by atoms with van der Waals surface area (Å²) in [7, 11) is 0. The zero-order valence-electron chi connectivity index (χ0n) is 2.71. The molecule has 0 aromatic rings. The van der Waals surface area contributed by atoms with E-state index in [-0.39, 0.29) is 0 Å². The molecule has 0 radical (unpaired) electrons. The number of rotatable bonds is 0. The summed E-state index contributed by atoms with van der Waals surface area (Å²) in [4.78, 5) is 14.8. The fourth-order valence-corrected chi connectivity index (χ4v) is 0. The van der Waals surface area contributed by atoms with Gasteiger partial charge in [-0.15, -0.1) is 0 Å². The molecule has 0 aromatic heterocycles. The van der Waals surface area contributed by atoms with Gasteiger partial charge in [-0.1, -0.05) is 0 Å². The molecule has 0 aromatic carbocycles. The van der Waals surface area contributed by atoms with E-state index in [9.17, 15) is 0 Å². The van der Waals surface area contributed by atoms with Gasteiger partial charge < -0.3 is 9.79 Å². The molecule has 2 N–H and O–H groups in total. The van der Waals surface area contributed by atoms with Crippen LogP contribution < -0.4 is 0 Å². The van der Waals surface area contributed by atoms with Gasteiger partial charge in [0.2, 0.25) is 0 Å². The molecule has 0 unspecified atom stereocenters. The third-order valence-corrected chi connectivity index (χ3v) is 0. The molecule has 0 heterocycles. The molecule has 0 aliphatic rings. The van der Waals surface area contributed by atoms with Gasteiger partial charge >= 0.3 is 6.95 Å². The van der Waals surface area contributed by atoms with Crippen molar-refractivity contribution < 1.29 is 14.4 Å². The van der Waals surface area contributed by atoms with Gasteiger partial charge in [0, 0.05) is 11.2 Å². The second kappa shape index (κ2) is 2.67. The van der Waals surface area contributed by atoms with Crippen molar-refractivity contribution in [3.63, 3.8) is 0 Å². The minimum absolute atomic E-state index is 0. The van der Waals surface area contributed by atoms with Gasteiger partial charge in [-0.2, -0.15) is 0 Å². The largest absolute Gasteiger partial charge is 0.419 e. The molecule has 0 atom stereocenters. The summed E-state index contributed by atoms with van der Waals surface area (Å²) in [5, 5.41) is 0. The number of hydrogen-bond acceptors (Lipinski definition) is 1. The van der Waals surface area contributed by atoms with Gasteiger partial charge in [-0.3, -0.25) is 0 Å². The summed E-state index contributed by atoms with van der Waals surface area (Å²) in [6.45, 7) is -4.17. The zero-order chi connectivity index (χ0) is 4.50. The Morgan fingerprint density at radius 1 is 1.29 bits per heavy atom. The average molecular weight is 630 g/mol. The molecule has 7 heteroatoms. The average Bonchev–Trinajstić information content (AvgIpc) is 0.722. The fraction of sp³-hybridized carbons (Fsp3) is 0. The predicted octanol–water partition coefficient (Wildman–Crippen LogP) is 0.318. The maximum absolute atomic E-state index is 9.09. The van der Waals surface area contributed by atoms with Crippen LogP contribution in [0.2, 0.25) is 0 Å². The molecule has 7 heavy (non-hydrogen) atoms. The number of hydrogen-bond donors (Lipinski definition) is 2. The minimum atomic E-state index is -4.17. The van der Waals surface area contributed by atoms with E-state index in [1.165, 1.54) is 0 Å². The van der Waals surface area contributed by atoms with Crippen LogP contribution in [-0.4, -0.2) is 9.79 Å². The van der Waals surface area contributed by atoms with E-state index in [4.69, 9.17) is 14.4 Å². The molecule has 0 aliphatic heterocycles. The van der Waals surface area contributed by atoms with Gasteiger partial charge in [0.25, 0.3) is 0 Å². The molecule has 3 nitrogen and oxygen atoms in total. The minimum Gasteiger partial charge on any atom is -0.313 e. The first-order chi connectivity index (χ1) is 2.00. The van der Waals surface area contributed by atoms with E-state index in [1.54, 1.807) is 0 Å². The topological polar surface area (TPSA) is 57.5 Å². The summed E-state index contributed by atoms with van der Waals surface area (Å²) in [5.74, 6) is 0. The van der Waals surface area contributed by atoms with E-state index in [2.05, 4.69) is 11.2 Å². The molecule has 0 fully saturated rings. The second-order valence-electron chi connectivity index (χ2n) is 0.473. The summed E-state index contributed by atoms with van der Waals surface area (Å²) < 4.78 is 9.09. The van der Waals surface area contributed by atoms with Crippen molar-refractivity contribution in [1.82, 2.24) is 0 Å². The van der Waals surface area contributed by atoms with Crippen LogP contribution in [0.4, 0.5) is 0 Å².